The molecule has 2 aromatic rings. The summed E-state index contributed by atoms with van der Waals surface area (Å²) in [6.45, 7) is 1.61. The quantitative estimate of drug-likeness (QED) is 0.407. The van der Waals surface area contributed by atoms with E-state index in [0.717, 1.165) is 18.9 Å². The Bertz CT molecular complexity index is 616. The third kappa shape index (κ3) is 6.19. The fourth-order valence-corrected chi connectivity index (χ4v) is 2.53. The lowest BCUT2D eigenvalue weighted by molar-refractivity contribution is 0.421. The first-order valence-corrected chi connectivity index (χ1v) is 9.40. The summed E-state index contributed by atoms with van der Waals surface area (Å²) in [7, 11) is 1.77. The summed E-state index contributed by atoms with van der Waals surface area (Å²) in [4.78, 5) is 12.8. The molecule has 2 heterocycles. The summed E-state index contributed by atoms with van der Waals surface area (Å²) in [5, 5.41) is 10.5. The van der Waals surface area contributed by atoms with E-state index in [0.29, 0.717) is 30.4 Å². The Morgan fingerprint density at radius 3 is 2.88 bits per heavy atom. The molecule has 0 radical (unpaired) electrons. The lowest BCUT2D eigenvalue weighted by atomic mass is 10.3. The predicted octanol–water partition coefficient (Wildman–Crippen LogP) is 1.98. The van der Waals surface area contributed by atoms with Crippen LogP contribution in [0.5, 0.6) is 0 Å². The van der Waals surface area contributed by atoms with Gasteiger partial charge in [0.1, 0.15) is 5.69 Å². The SMILES string of the molecule is CN=C(NCCCCSC)NCCc1noc(-c2ccccn2)n1. The molecule has 2 rings (SSSR count). The molecule has 0 unspecified atom stereocenters. The van der Waals surface area contributed by atoms with Gasteiger partial charge in [-0.3, -0.25) is 9.98 Å². The van der Waals surface area contributed by atoms with Crippen molar-refractivity contribution in [3.05, 3.63) is 30.2 Å². The zero-order valence-corrected chi connectivity index (χ0v) is 15.0. The van der Waals surface area contributed by atoms with E-state index >= 15 is 0 Å². The highest BCUT2D eigenvalue weighted by atomic mass is 32.2. The molecule has 0 bridgehead atoms. The summed E-state index contributed by atoms with van der Waals surface area (Å²) in [6, 6.07) is 5.59. The van der Waals surface area contributed by atoms with Crippen LogP contribution in [0.25, 0.3) is 11.6 Å². The minimum atomic E-state index is 0.446. The van der Waals surface area contributed by atoms with Gasteiger partial charge in [-0.15, -0.1) is 0 Å². The number of thioether (sulfide) groups is 1. The number of nitrogens with zero attached hydrogens (tertiary/aromatic N) is 4. The van der Waals surface area contributed by atoms with Gasteiger partial charge in [0.2, 0.25) is 0 Å². The minimum absolute atomic E-state index is 0.446. The van der Waals surface area contributed by atoms with Crippen LogP contribution in [0.2, 0.25) is 0 Å². The van der Waals surface area contributed by atoms with E-state index in [1.807, 2.05) is 30.0 Å². The van der Waals surface area contributed by atoms with Crippen LogP contribution in [0.15, 0.2) is 33.9 Å². The topological polar surface area (TPSA) is 88.2 Å². The molecule has 0 aliphatic carbocycles. The van der Waals surface area contributed by atoms with Crippen molar-refractivity contribution < 1.29 is 4.52 Å². The van der Waals surface area contributed by atoms with E-state index in [2.05, 4.69) is 37.0 Å². The maximum absolute atomic E-state index is 5.24. The Labute approximate surface area is 146 Å². The molecule has 130 valence electrons. The Kier molecular flexibility index (Phi) is 8.09. The van der Waals surface area contributed by atoms with Crippen molar-refractivity contribution in [2.45, 2.75) is 19.3 Å². The van der Waals surface area contributed by atoms with Crippen LogP contribution in [-0.2, 0) is 6.42 Å². The van der Waals surface area contributed by atoms with E-state index in [4.69, 9.17) is 4.52 Å². The van der Waals surface area contributed by atoms with Crippen LogP contribution < -0.4 is 10.6 Å². The molecular weight excluding hydrogens is 324 g/mol. The molecule has 0 aliphatic heterocycles. The number of pyridine rings is 1. The molecule has 0 atom stereocenters. The number of aromatic nitrogens is 3. The Balaban J connectivity index is 1.70. The number of unbranched alkanes of at least 4 members (excludes halogenated alkanes) is 1. The number of rotatable bonds is 9. The van der Waals surface area contributed by atoms with Crippen LogP contribution >= 0.6 is 11.8 Å². The highest BCUT2D eigenvalue weighted by Crippen LogP contribution is 2.12. The molecule has 2 N–H and O–H groups in total. The highest BCUT2D eigenvalue weighted by molar-refractivity contribution is 7.98. The molecule has 2 aromatic heterocycles. The van der Waals surface area contributed by atoms with Gasteiger partial charge < -0.3 is 15.2 Å². The molecule has 0 saturated heterocycles. The molecular formula is C16H24N6OS. The zero-order chi connectivity index (χ0) is 17.0. The van der Waals surface area contributed by atoms with Crippen molar-refractivity contribution in [1.82, 2.24) is 25.8 Å². The molecule has 0 saturated carbocycles. The van der Waals surface area contributed by atoms with Crippen molar-refractivity contribution in [2.75, 3.05) is 32.1 Å². The molecule has 0 amide bonds. The van der Waals surface area contributed by atoms with E-state index in [9.17, 15) is 0 Å². The third-order valence-electron chi connectivity index (χ3n) is 3.28. The van der Waals surface area contributed by atoms with E-state index in [-0.39, 0.29) is 0 Å². The van der Waals surface area contributed by atoms with Crippen molar-refractivity contribution in [2.24, 2.45) is 4.99 Å². The van der Waals surface area contributed by atoms with Crippen LogP contribution in [-0.4, -0.2) is 53.2 Å². The van der Waals surface area contributed by atoms with Gasteiger partial charge in [0.05, 0.1) is 0 Å². The second-order valence-electron chi connectivity index (χ2n) is 5.11. The predicted molar refractivity (Wildman–Crippen MR) is 98.2 cm³/mol. The maximum Gasteiger partial charge on any atom is 0.276 e. The van der Waals surface area contributed by atoms with Crippen LogP contribution in [0, 0.1) is 0 Å². The van der Waals surface area contributed by atoms with Gasteiger partial charge in [-0.25, -0.2) is 0 Å². The average Bonchev–Trinajstić information content (AvgIpc) is 3.09. The second-order valence-corrected chi connectivity index (χ2v) is 6.09. The number of nitrogens with one attached hydrogen (secondary N) is 2. The van der Waals surface area contributed by atoms with Gasteiger partial charge in [-0.05, 0) is 37.0 Å². The second kappa shape index (κ2) is 10.6. The van der Waals surface area contributed by atoms with Crippen LogP contribution in [0.3, 0.4) is 0 Å². The summed E-state index contributed by atoms with van der Waals surface area (Å²) in [6.07, 6.45) is 6.84. The Hall–Kier alpha value is -2.09. The number of hydrogen-bond acceptors (Lipinski definition) is 6. The third-order valence-corrected chi connectivity index (χ3v) is 3.98. The van der Waals surface area contributed by atoms with Crippen molar-refractivity contribution in [1.29, 1.82) is 0 Å². The molecule has 0 aliphatic rings. The molecule has 8 heteroatoms. The Morgan fingerprint density at radius 1 is 1.25 bits per heavy atom. The number of guanidine groups is 1. The maximum atomic E-state index is 5.24. The Morgan fingerprint density at radius 2 is 2.12 bits per heavy atom. The summed E-state index contributed by atoms with van der Waals surface area (Å²) in [5.41, 5.74) is 0.687. The first kappa shape index (κ1) is 18.3. The van der Waals surface area contributed by atoms with Gasteiger partial charge in [-0.2, -0.15) is 16.7 Å². The zero-order valence-electron chi connectivity index (χ0n) is 14.2. The molecule has 7 nitrogen and oxygen atoms in total. The van der Waals surface area contributed by atoms with Gasteiger partial charge in [0, 0.05) is 32.8 Å². The lowest BCUT2D eigenvalue weighted by Gasteiger charge is -2.10. The van der Waals surface area contributed by atoms with Crippen molar-refractivity contribution in [3.63, 3.8) is 0 Å². The molecule has 0 aromatic carbocycles. The fraction of sp³-hybridized carbons (Fsp3) is 0.500. The van der Waals surface area contributed by atoms with Crippen molar-refractivity contribution in [3.8, 4) is 11.6 Å². The van der Waals surface area contributed by atoms with E-state index in [1.165, 1.54) is 12.2 Å². The highest BCUT2D eigenvalue weighted by Gasteiger charge is 2.09. The first-order chi connectivity index (χ1) is 11.8. The molecule has 0 fully saturated rings. The summed E-state index contributed by atoms with van der Waals surface area (Å²) in [5.74, 6) is 3.09. The molecule has 0 spiro atoms. The lowest BCUT2D eigenvalue weighted by Crippen LogP contribution is -2.38. The van der Waals surface area contributed by atoms with Crippen molar-refractivity contribution >= 4 is 17.7 Å². The van der Waals surface area contributed by atoms with E-state index < -0.39 is 0 Å². The van der Waals surface area contributed by atoms with E-state index in [1.54, 1.807) is 13.2 Å². The largest absolute Gasteiger partial charge is 0.356 e. The number of aliphatic imine (C=N–C) groups is 1. The van der Waals surface area contributed by atoms with Gasteiger partial charge >= 0.3 is 0 Å². The summed E-state index contributed by atoms with van der Waals surface area (Å²) < 4.78 is 5.24. The summed E-state index contributed by atoms with van der Waals surface area (Å²) >= 11 is 1.88. The average molecular weight is 348 g/mol. The monoisotopic (exact) mass is 348 g/mol. The minimum Gasteiger partial charge on any atom is -0.356 e. The normalized spacial score (nSPS) is 11.5. The smallest absolute Gasteiger partial charge is 0.276 e. The van der Waals surface area contributed by atoms with Gasteiger partial charge in [0.25, 0.3) is 5.89 Å². The van der Waals surface area contributed by atoms with Gasteiger partial charge in [-0.1, -0.05) is 11.2 Å². The van der Waals surface area contributed by atoms with Gasteiger partial charge in [0.15, 0.2) is 11.8 Å². The number of hydrogen-bond donors (Lipinski definition) is 2. The van der Waals surface area contributed by atoms with Crippen LogP contribution in [0.1, 0.15) is 18.7 Å². The van der Waals surface area contributed by atoms with Crippen LogP contribution in [0.4, 0.5) is 0 Å². The fourth-order valence-electron chi connectivity index (χ4n) is 2.04. The first-order valence-electron chi connectivity index (χ1n) is 8.01. The standard InChI is InChI=1S/C16H24N6OS/c1-17-16(19-10-5-6-12-24-2)20-11-8-14-21-15(23-22-14)13-7-3-4-9-18-13/h3-4,7,9H,5-6,8,10-12H2,1-2H3,(H2,17,19,20). The molecule has 24 heavy (non-hydrogen) atoms.